The van der Waals surface area contributed by atoms with Crippen molar-refractivity contribution < 1.29 is 24.2 Å². The molecule has 5 nitrogen and oxygen atoms in total. The summed E-state index contributed by atoms with van der Waals surface area (Å²) < 4.78 is 10.1. The smallest absolute Gasteiger partial charge is 0.173 e. The van der Waals surface area contributed by atoms with Crippen LogP contribution < -0.4 is 9.47 Å². The minimum Gasteiger partial charge on any atom is -0.504 e. The molecule has 0 saturated carbocycles. The van der Waals surface area contributed by atoms with Gasteiger partial charge >= 0.3 is 0 Å². The molecule has 0 aliphatic rings. The van der Waals surface area contributed by atoms with E-state index in [4.69, 9.17) is 9.47 Å². The third kappa shape index (κ3) is 4.47. The Balaban J connectivity index is 2.09. The van der Waals surface area contributed by atoms with Crippen molar-refractivity contribution in [3.8, 4) is 17.2 Å². The summed E-state index contributed by atoms with van der Waals surface area (Å²) in [4.78, 5) is 24.7. The van der Waals surface area contributed by atoms with Crippen LogP contribution in [0.3, 0.4) is 0 Å². The molecule has 2 rings (SSSR count). The van der Waals surface area contributed by atoms with E-state index >= 15 is 0 Å². The van der Waals surface area contributed by atoms with E-state index in [2.05, 4.69) is 0 Å². The molecule has 5 heteroatoms. The predicted octanol–water partition coefficient (Wildman–Crippen LogP) is 3.51. The van der Waals surface area contributed by atoms with Crippen molar-refractivity contribution in [3.05, 3.63) is 59.7 Å². The van der Waals surface area contributed by atoms with Crippen molar-refractivity contribution in [1.82, 2.24) is 0 Å². The topological polar surface area (TPSA) is 72.8 Å². The Kier molecular flexibility index (Phi) is 5.95. The zero-order valence-electron chi connectivity index (χ0n) is 14.4. The first-order valence-electron chi connectivity index (χ1n) is 7.73. The number of rotatable bonds is 7. The quantitative estimate of drug-likeness (QED) is 0.474. The van der Waals surface area contributed by atoms with Gasteiger partial charge in [0.25, 0.3) is 0 Å². The summed E-state index contributed by atoms with van der Waals surface area (Å²) in [5, 5.41) is 9.57. The summed E-state index contributed by atoms with van der Waals surface area (Å²) in [6.45, 7) is 1.58. The molecular weight excluding hydrogens is 320 g/mol. The van der Waals surface area contributed by atoms with Gasteiger partial charge in [0.2, 0.25) is 0 Å². The molecule has 2 aromatic carbocycles. The summed E-state index contributed by atoms with van der Waals surface area (Å²) in [6.07, 6.45) is 2.94. The van der Waals surface area contributed by atoms with Crippen LogP contribution >= 0.6 is 0 Å². The summed E-state index contributed by atoms with van der Waals surface area (Å²) in [6, 6.07) is 11.4. The fourth-order valence-corrected chi connectivity index (χ4v) is 2.26. The SMILES string of the molecule is COc1ccc(C(=O)C(C)C(=O)C=Cc2ccc(O)c(OC)c2)cc1. The second-order valence-electron chi connectivity index (χ2n) is 5.48. The molecule has 2 aromatic rings. The van der Waals surface area contributed by atoms with E-state index in [9.17, 15) is 14.7 Å². The molecule has 0 aromatic heterocycles. The fourth-order valence-electron chi connectivity index (χ4n) is 2.26. The molecule has 0 saturated heterocycles. The molecule has 130 valence electrons. The molecule has 0 amide bonds. The van der Waals surface area contributed by atoms with Gasteiger partial charge in [0, 0.05) is 5.56 Å². The number of aromatic hydroxyl groups is 1. The van der Waals surface area contributed by atoms with Crippen molar-refractivity contribution >= 4 is 17.6 Å². The maximum absolute atomic E-state index is 12.4. The summed E-state index contributed by atoms with van der Waals surface area (Å²) in [5.74, 6) is -0.347. The first-order valence-corrected chi connectivity index (χ1v) is 7.73. The van der Waals surface area contributed by atoms with Crippen LogP contribution in [-0.4, -0.2) is 30.9 Å². The maximum atomic E-state index is 12.4. The maximum Gasteiger partial charge on any atom is 0.173 e. The number of ether oxygens (including phenoxy) is 2. The number of ketones is 2. The number of hydrogen-bond donors (Lipinski definition) is 1. The predicted molar refractivity (Wildman–Crippen MR) is 95.2 cm³/mol. The van der Waals surface area contributed by atoms with E-state index in [0.29, 0.717) is 22.6 Å². The first-order chi connectivity index (χ1) is 12.0. The molecule has 25 heavy (non-hydrogen) atoms. The lowest BCUT2D eigenvalue weighted by molar-refractivity contribution is -0.116. The lowest BCUT2D eigenvalue weighted by atomic mass is 9.95. The van der Waals surface area contributed by atoms with Gasteiger partial charge in [-0.25, -0.2) is 0 Å². The van der Waals surface area contributed by atoms with Gasteiger partial charge in [-0.2, -0.15) is 0 Å². The highest BCUT2D eigenvalue weighted by atomic mass is 16.5. The van der Waals surface area contributed by atoms with Crippen molar-refractivity contribution in [1.29, 1.82) is 0 Å². The molecule has 1 atom stereocenters. The van der Waals surface area contributed by atoms with Gasteiger partial charge < -0.3 is 14.6 Å². The van der Waals surface area contributed by atoms with Gasteiger partial charge in [0.1, 0.15) is 5.75 Å². The number of hydrogen-bond acceptors (Lipinski definition) is 5. The van der Waals surface area contributed by atoms with Crippen LogP contribution in [0.1, 0.15) is 22.8 Å². The number of methoxy groups -OCH3 is 2. The Morgan fingerprint density at radius 3 is 2.32 bits per heavy atom. The molecule has 0 heterocycles. The molecule has 0 spiro atoms. The van der Waals surface area contributed by atoms with Gasteiger partial charge in [0.15, 0.2) is 23.1 Å². The van der Waals surface area contributed by atoms with E-state index in [1.54, 1.807) is 56.5 Å². The lowest BCUT2D eigenvalue weighted by Crippen LogP contribution is -2.19. The van der Waals surface area contributed by atoms with Crippen LogP contribution in [0.4, 0.5) is 0 Å². The average Bonchev–Trinajstić information content (AvgIpc) is 2.65. The number of carbonyl (C=O) groups is 2. The molecule has 0 aliphatic carbocycles. The van der Waals surface area contributed by atoms with E-state index in [1.165, 1.54) is 19.3 Å². The molecule has 0 bridgehead atoms. The van der Waals surface area contributed by atoms with Crippen molar-refractivity contribution in [3.63, 3.8) is 0 Å². The van der Waals surface area contributed by atoms with Gasteiger partial charge in [0.05, 0.1) is 20.1 Å². The minimum atomic E-state index is -0.788. The Morgan fingerprint density at radius 2 is 1.72 bits per heavy atom. The third-order valence-electron chi connectivity index (χ3n) is 3.84. The Hall–Kier alpha value is -3.08. The zero-order chi connectivity index (χ0) is 18.4. The fraction of sp³-hybridized carbons (Fsp3) is 0.200. The van der Waals surface area contributed by atoms with Crippen molar-refractivity contribution in [2.75, 3.05) is 14.2 Å². The number of phenolic OH excluding ortho intramolecular Hbond substituents is 1. The Bertz CT molecular complexity index is 790. The summed E-state index contributed by atoms with van der Waals surface area (Å²) in [7, 11) is 3.00. The second kappa shape index (κ2) is 8.15. The summed E-state index contributed by atoms with van der Waals surface area (Å²) >= 11 is 0. The Labute approximate surface area is 146 Å². The van der Waals surface area contributed by atoms with Crippen molar-refractivity contribution in [2.45, 2.75) is 6.92 Å². The van der Waals surface area contributed by atoms with Crippen LogP contribution in [-0.2, 0) is 4.79 Å². The summed E-state index contributed by atoms with van der Waals surface area (Å²) in [5.41, 5.74) is 1.15. The first kappa shape index (κ1) is 18.3. The van der Waals surface area contributed by atoms with Gasteiger partial charge in [-0.3, -0.25) is 9.59 Å². The number of benzene rings is 2. The van der Waals surface area contributed by atoms with E-state index in [1.807, 2.05) is 0 Å². The standard InChI is InChI=1S/C20H20O5/c1-13(20(23)15-6-8-16(24-2)9-7-15)17(21)10-4-14-5-11-18(22)19(12-14)25-3/h4-13,22H,1-3H3. The van der Waals surface area contributed by atoms with Gasteiger partial charge in [-0.05, 0) is 55.0 Å². The van der Waals surface area contributed by atoms with Gasteiger partial charge in [-0.15, -0.1) is 0 Å². The molecule has 0 aliphatic heterocycles. The number of carbonyl (C=O) groups excluding carboxylic acids is 2. The largest absolute Gasteiger partial charge is 0.504 e. The molecule has 1 N–H and O–H groups in total. The molecular formula is C20H20O5. The number of Topliss-reactive ketones (excluding diaryl/α,β-unsaturated/α-hetero) is 1. The van der Waals surface area contributed by atoms with Crippen LogP contribution in [0, 0.1) is 5.92 Å². The third-order valence-corrected chi connectivity index (χ3v) is 3.84. The van der Waals surface area contributed by atoms with Crippen LogP contribution in [0.25, 0.3) is 6.08 Å². The lowest BCUT2D eigenvalue weighted by Gasteiger charge is -2.08. The normalized spacial score (nSPS) is 12.0. The second-order valence-corrected chi connectivity index (χ2v) is 5.48. The van der Waals surface area contributed by atoms with Crippen LogP contribution in [0.15, 0.2) is 48.5 Å². The van der Waals surface area contributed by atoms with Crippen LogP contribution in [0.2, 0.25) is 0 Å². The minimum absolute atomic E-state index is 0.0222. The number of allylic oxidation sites excluding steroid dienone is 1. The highest BCUT2D eigenvalue weighted by Gasteiger charge is 2.20. The van der Waals surface area contributed by atoms with E-state index in [0.717, 1.165) is 0 Å². The molecule has 0 fully saturated rings. The van der Waals surface area contributed by atoms with Crippen LogP contribution in [0.5, 0.6) is 17.2 Å². The number of phenols is 1. The van der Waals surface area contributed by atoms with E-state index in [-0.39, 0.29) is 17.3 Å². The highest BCUT2D eigenvalue weighted by Crippen LogP contribution is 2.26. The highest BCUT2D eigenvalue weighted by molar-refractivity contribution is 6.14. The molecule has 1 unspecified atom stereocenters. The van der Waals surface area contributed by atoms with E-state index < -0.39 is 5.92 Å². The Morgan fingerprint density at radius 1 is 1.04 bits per heavy atom. The van der Waals surface area contributed by atoms with Crippen molar-refractivity contribution in [2.24, 2.45) is 5.92 Å². The van der Waals surface area contributed by atoms with Gasteiger partial charge in [-0.1, -0.05) is 12.1 Å². The molecule has 0 radical (unpaired) electrons. The monoisotopic (exact) mass is 340 g/mol. The zero-order valence-corrected chi connectivity index (χ0v) is 14.4. The average molecular weight is 340 g/mol.